The molecule has 10 nitrogen and oxygen atoms in total. The van der Waals surface area contributed by atoms with Crippen LogP contribution >= 0.6 is 0 Å². The monoisotopic (exact) mass is 225 g/mol. The van der Waals surface area contributed by atoms with Crippen LogP contribution in [-0.2, 0) is 17.1 Å². The maximum atomic E-state index is 8.71. The standard InChI is InChI=1S/Cu.2H3NO4/c;2*2-1(3,4)5/h;2*2-4H. The van der Waals surface area contributed by atoms with Crippen molar-refractivity contribution in [1.82, 2.24) is 0 Å². The summed E-state index contributed by atoms with van der Waals surface area (Å²) < 4.78 is 0. The molecule has 0 aliphatic rings. The fourth-order valence-corrected chi connectivity index (χ4v) is 0. The third-order valence-electron chi connectivity index (χ3n) is 0. The molecule has 0 fully saturated rings. The van der Waals surface area contributed by atoms with Crippen LogP contribution < -0.4 is 0 Å². The van der Waals surface area contributed by atoms with Crippen molar-refractivity contribution in [3.05, 3.63) is 10.4 Å². The molecular weight excluding hydrogens is 220 g/mol. The van der Waals surface area contributed by atoms with Crippen LogP contribution in [0.15, 0.2) is 0 Å². The van der Waals surface area contributed by atoms with Gasteiger partial charge in [0.1, 0.15) is 0 Å². The average Bonchev–Trinajstić information content (AvgIpc) is 1.12. The molecule has 0 rings (SSSR count). The summed E-state index contributed by atoms with van der Waals surface area (Å²) in [6, 6.07) is 0. The zero-order valence-corrected chi connectivity index (χ0v) is 5.64. The molecule has 0 amide bonds. The molecule has 6 N–H and O–H groups in total. The molecule has 0 aliphatic carbocycles. The minimum Gasteiger partial charge on any atom is -0.529 e. The summed E-state index contributed by atoms with van der Waals surface area (Å²) in [7, 11) is 0. The minimum atomic E-state index is -3.25. The normalized spacial score (nSPS) is 10.9. The van der Waals surface area contributed by atoms with Gasteiger partial charge in [-0.15, -0.1) is 31.2 Å². The molecule has 0 saturated heterocycles. The van der Waals surface area contributed by atoms with Crippen molar-refractivity contribution in [3.63, 3.8) is 0 Å². The van der Waals surface area contributed by atoms with Crippen LogP contribution in [0.5, 0.6) is 0 Å². The molecule has 0 heterocycles. The molecule has 0 unspecified atom stereocenters. The van der Waals surface area contributed by atoms with Gasteiger partial charge in [0, 0.05) is 17.1 Å². The van der Waals surface area contributed by atoms with Crippen LogP contribution in [0.25, 0.3) is 0 Å². The molecular formula is H6CuN2O8. The van der Waals surface area contributed by atoms with E-state index >= 15 is 0 Å². The molecule has 1 radical (unpaired) electrons. The van der Waals surface area contributed by atoms with Gasteiger partial charge in [0.05, 0.1) is 10.3 Å². The van der Waals surface area contributed by atoms with E-state index in [1.54, 1.807) is 0 Å². The minimum absolute atomic E-state index is 0. The maximum absolute atomic E-state index is 8.71. The second kappa shape index (κ2) is 5.73. The van der Waals surface area contributed by atoms with Gasteiger partial charge < -0.3 is 10.4 Å². The second-order valence-electron chi connectivity index (χ2n) is 1.03. The van der Waals surface area contributed by atoms with Crippen LogP contribution in [0.1, 0.15) is 0 Å². The third-order valence-corrected chi connectivity index (χ3v) is 0. The van der Waals surface area contributed by atoms with E-state index in [9.17, 15) is 0 Å². The van der Waals surface area contributed by atoms with Crippen molar-refractivity contribution >= 4 is 0 Å². The largest absolute Gasteiger partial charge is 0.529 e. The molecule has 0 saturated carbocycles. The van der Waals surface area contributed by atoms with E-state index in [0.717, 1.165) is 0 Å². The van der Waals surface area contributed by atoms with Gasteiger partial charge >= 0.3 is 0 Å². The van der Waals surface area contributed by atoms with Gasteiger partial charge in [0.15, 0.2) is 0 Å². The number of quaternary nitrogens is 2. The molecule has 0 aromatic carbocycles. The number of rotatable bonds is 0. The van der Waals surface area contributed by atoms with Crippen molar-refractivity contribution in [3.8, 4) is 0 Å². The predicted octanol–water partition coefficient (Wildman–Crippen LogP) is -1.07. The van der Waals surface area contributed by atoms with Crippen molar-refractivity contribution in [2.45, 2.75) is 0 Å². The van der Waals surface area contributed by atoms with Gasteiger partial charge in [0.2, 0.25) is 0 Å². The first-order chi connectivity index (χ1) is 4.00. The van der Waals surface area contributed by atoms with E-state index < -0.39 is 10.3 Å². The van der Waals surface area contributed by atoms with Gasteiger partial charge in [-0.3, -0.25) is 0 Å². The van der Waals surface area contributed by atoms with Crippen LogP contribution in [-0.4, -0.2) is 41.5 Å². The molecule has 0 aromatic rings. The predicted molar refractivity (Wildman–Crippen MR) is 18.0 cm³/mol. The van der Waals surface area contributed by atoms with E-state index in [4.69, 9.17) is 41.7 Å². The summed E-state index contributed by atoms with van der Waals surface area (Å²) >= 11 is 0. The smallest absolute Gasteiger partial charge is 0.0686 e. The molecule has 0 aliphatic heterocycles. The van der Waals surface area contributed by atoms with E-state index in [-0.39, 0.29) is 17.1 Å². The van der Waals surface area contributed by atoms with Crippen molar-refractivity contribution in [2.24, 2.45) is 0 Å². The quantitative estimate of drug-likeness (QED) is 0.172. The van der Waals surface area contributed by atoms with Crippen molar-refractivity contribution in [1.29, 1.82) is 0 Å². The molecule has 0 spiro atoms. The fourth-order valence-electron chi connectivity index (χ4n) is 0. The topological polar surface area (TPSA) is 168 Å². The van der Waals surface area contributed by atoms with E-state index in [0.29, 0.717) is 0 Å². The molecule has 11 heavy (non-hydrogen) atoms. The Bertz CT molecular complexity index is 55.1. The van der Waals surface area contributed by atoms with E-state index in [1.807, 2.05) is 0 Å². The van der Waals surface area contributed by atoms with Gasteiger partial charge in [-0.2, -0.15) is 0 Å². The number of hydrogen-bond donors (Lipinski definition) is 6. The zero-order chi connectivity index (χ0) is 9.00. The van der Waals surface area contributed by atoms with Crippen molar-refractivity contribution in [2.75, 3.05) is 0 Å². The van der Waals surface area contributed by atoms with Crippen LogP contribution in [0, 0.1) is 10.4 Å². The maximum Gasteiger partial charge on any atom is 0.0686 e. The number of hydrogen-bond acceptors (Lipinski definition) is 8. The Hall–Kier alpha value is 0.119. The van der Waals surface area contributed by atoms with Gasteiger partial charge in [-0.05, 0) is 0 Å². The molecule has 0 bridgehead atoms. The number of nitrogens with zero attached hydrogens (tertiary/aromatic N) is 2. The first-order valence-corrected chi connectivity index (χ1v) is 1.57. The van der Waals surface area contributed by atoms with Crippen LogP contribution in [0.2, 0.25) is 0 Å². The Labute approximate surface area is 69.9 Å². The molecule has 0 aromatic heterocycles. The van der Waals surface area contributed by atoms with Gasteiger partial charge in [-0.25, -0.2) is 0 Å². The fraction of sp³-hybridized carbons (Fsp3) is 0. The summed E-state index contributed by atoms with van der Waals surface area (Å²) in [6.07, 6.45) is 0. The summed E-state index contributed by atoms with van der Waals surface area (Å²) in [6.45, 7) is 0. The third kappa shape index (κ3) is 46700. The van der Waals surface area contributed by atoms with E-state index in [2.05, 4.69) is 0 Å². The second-order valence-corrected chi connectivity index (χ2v) is 1.03. The summed E-state index contributed by atoms with van der Waals surface area (Å²) in [5.41, 5.74) is 0. The zero-order valence-electron chi connectivity index (χ0n) is 4.70. The van der Waals surface area contributed by atoms with Gasteiger partial charge in [-0.1, -0.05) is 0 Å². The first-order valence-electron chi connectivity index (χ1n) is 1.57. The molecule has 0 atom stereocenters. The Kier molecular flexibility index (Phi) is 9.00. The Morgan fingerprint density at radius 1 is 0.636 bits per heavy atom. The van der Waals surface area contributed by atoms with Crippen LogP contribution in [0.3, 0.4) is 0 Å². The average molecular weight is 226 g/mol. The summed E-state index contributed by atoms with van der Waals surface area (Å²) in [5.74, 6) is 0. The van der Waals surface area contributed by atoms with Crippen molar-refractivity contribution < 1.29 is 58.6 Å². The molecule has 11 heteroatoms. The summed E-state index contributed by atoms with van der Waals surface area (Å²) in [4.78, 5) is 0. The SMILES string of the molecule is [Cu].[O-][N+](O)(O)O.[O-][N+](O)(O)O. The Balaban J connectivity index is -0.000000107. The Morgan fingerprint density at radius 3 is 0.636 bits per heavy atom. The summed E-state index contributed by atoms with van der Waals surface area (Å²) in [5, 5.41) is 53.0. The Morgan fingerprint density at radius 2 is 0.636 bits per heavy atom. The van der Waals surface area contributed by atoms with Gasteiger partial charge in [0.25, 0.3) is 0 Å². The first kappa shape index (κ1) is 17.3. The van der Waals surface area contributed by atoms with E-state index in [1.165, 1.54) is 0 Å². The van der Waals surface area contributed by atoms with Crippen LogP contribution in [0.4, 0.5) is 0 Å². The molecule has 75 valence electrons.